The van der Waals surface area contributed by atoms with Crippen molar-refractivity contribution >= 4 is 19.8 Å². The molecule has 0 heterocycles. The van der Waals surface area contributed by atoms with Gasteiger partial charge in [0.05, 0.1) is 24.9 Å². The van der Waals surface area contributed by atoms with Crippen molar-refractivity contribution in [2.75, 3.05) is 13.2 Å². The molecule has 0 rings (SSSR count). The van der Waals surface area contributed by atoms with Crippen LogP contribution in [0.1, 0.15) is 174 Å². The highest BCUT2D eigenvalue weighted by atomic mass is 31.2. The zero-order chi connectivity index (χ0) is 40.8. The van der Waals surface area contributed by atoms with Crippen molar-refractivity contribution in [1.29, 1.82) is 0 Å². The van der Waals surface area contributed by atoms with Crippen LogP contribution in [0, 0.1) is 0 Å². The number of unbranched alkanes of at least 4 members (excludes halogenated alkanes) is 18. The normalized spacial score (nSPS) is 14.7. The molecule has 0 unspecified atom stereocenters. The average molecular weight is 801 g/mol. The van der Waals surface area contributed by atoms with Gasteiger partial charge in [-0.05, 0) is 25.7 Å². The first kappa shape index (κ1) is 52.9. The van der Waals surface area contributed by atoms with Gasteiger partial charge in [-0.3, -0.25) is 14.1 Å². The molecule has 320 valence electrons. The van der Waals surface area contributed by atoms with Crippen molar-refractivity contribution in [1.82, 2.24) is 0 Å². The van der Waals surface area contributed by atoms with Crippen LogP contribution in [0.4, 0.5) is 0 Å². The summed E-state index contributed by atoms with van der Waals surface area (Å²) < 4.78 is 26.2. The number of hydrogen-bond donors (Lipinski definition) is 5. The molecule has 5 N–H and O–H groups in total. The Labute approximate surface area is 332 Å². The summed E-state index contributed by atoms with van der Waals surface area (Å²) in [6.45, 7) is 3.30. The minimum Gasteiger partial charge on any atom is -0.462 e. The first-order valence-electron chi connectivity index (χ1n) is 21.3. The molecule has 0 saturated heterocycles. The Bertz CT molecular complexity index is 1080. The first-order valence-corrected chi connectivity index (χ1v) is 22.8. The maximum absolute atomic E-state index is 12.4. The van der Waals surface area contributed by atoms with E-state index in [1.54, 1.807) is 42.5 Å². The van der Waals surface area contributed by atoms with Gasteiger partial charge in [0, 0.05) is 12.8 Å². The number of phosphoric ester groups is 1. The van der Waals surface area contributed by atoms with E-state index in [4.69, 9.17) is 19.3 Å². The van der Waals surface area contributed by atoms with Crippen LogP contribution in [-0.4, -0.2) is 74.7 Å². The maximum Gasteiger partial charge on any atom is 0.469 e. The van der Waals surface area contributed by atoms with Gasteiger partial charge in [-0.2, -0.15) is 0 Å². The molecule has 0 aliphatic rings. The number of aliphatic hydroxyl groups is 3. The van der Waals surface area contributed by atoms with Crippen molar-refractivity contribution in [3.05, 3.63) is 48.6 Å². The highest BCUT2D eigenvalue weighted by Crippen LogP contribution is 2.36. The van der Waals surface area contributed by atoms with Gasteiger partial charge in [0.2, 0.25) is 0 Å². The van der Waals surface area contributed by atoms with Gasteiger partial charge < -0.3 is 34.6 Å². The van der Waals surface area contributed by atoms with E-state index in [9.17, 15) is 29.5 Å². The average Bonchev–Trinajstić information content (AvgIpc) is 3.14. The maximum atomic E-state index is 12.4. The Kier molecular flexibility index (Phi) is 36.0. The summed E-state index contributed by atoms with van der Waals surface area (Å²) in [6.07, 6.45) is 34.8. The molecule has 0 aliphatic carbocycles. The van der Waals surface area contributed by atoms with Crippen LogP contribution >= 0.6 is 7.82 Å². The summed E-state index contributed by atoms with van der Waals surface area (Å²) >= 11 is 0. The summed E-state index contributed by atoms with van der Waals surface area (Å²) in [4.78, 5) is 42.9. The lowest BCUT2D eigenvalue weighted by atomic mass is 10.0. The zero-order valence-corrected chi connectivity index (χ0v) is 35.0. The zero-order valence-electron chi connectivity index (χ0n) is 34.2. The van der Waals surface area contributed by atoms with Gasteiger partial charge in [-0.1, -0.05) is 184 Å². The molecule has 0 spiro atoms. The van der Waals surface area contributed by atoms with E-state index < -0.39 is 57.4 Å². The van der Waals surface area contributed by atoms with E-state index in [-0.39, 0.29) is 25.7 Å². The number of aliphatic hydroxyl groups excluding tert-OH is 3. The number of hydrogen-bond acceptors (Lipinski definition) is 9. The van der Waals surface area contributed by atoms with Crippen molar-refractivity contribution in [3.8, 4) is 0 Å². The van der Waals surface area contributed by atoms with E-state index in [1.165, 1.54) is 89.5 Å². The highest BCUT2D eigenvalue weighted by molar-refractivity contribution is 7.46. The third kappa shape index (κ3) is 38.5. The lowest BCUT2D eigenvalue weighted by molar-refractivity contribution is -0.161. The van der Waals surface area contributed by atoms with Crippen LogP contribution in [-0.2, 0) is 28.2 Å². The topological polar surface area (TPSA) is 180 Å². The molecule has 12 heteroatoms. The van der Waals surface area contributed by atoms with E-state index >= 15 is 0 Å². The second-order valence-corrected chi connectivity index (χ2v) is 15.8. The number of allylic oxidation sites excluding steroid dienone is 6. The third-order valence-corrected chi connectivity index (χ3v) is 9.70. The van der Waals surface area contributed by atoms with Crippen molar-refractivity contribution < 1.29 is 53.3 Å². The predicted octanol–water partition coefficient (Wildman–Crippen LogP) is 9.65. The molecule has 0 saturated carbocycles. The van der Waals surface area contributed by atoms with Crippen LogP contribution in [0.5, 0.6) is 0 Å². The number of carbonyl (C=O) groups is 2. The first-order chi connectivity index (χ1) is 26.5. The van der Waals surface area contributed by atoms with Gasteiger partial charge in [0.25, 0.3) is 0 Å². The van der Waals surface area contributed by atoms with Crippen molar-refractivity contribution in [2.24, 2.45) is 0 Å². The van der Waals surface area contributed by atoms with Gasteiger partial charge in [-0.25, -0.2) is 4.57 Å². The number of rotatable bonds is 38. The molecular formula is C43H77O11P. The van der Waals surface area contributed by atoms with Gasteiger partial charge >= 0.3 is 19.8 Å². The van der Waals surface area contributed by atoms with E-state index in [0.29, 0.717) is 6.42 Å². The molecule has 0 amide bonds. The Morgan fingerprint density at radius 1 is 0.545 bits per heavy atom. The molecular weight excluding hydrogens is 723 g/mol. The number of carbonyl (C=O) groups excluding carboxylic acids is 2. The van der Waals surface area contributed by atoms with E-state index in [0.717, 1.165) is 44.9 Å². The SMILES string of the molecule is CCCCCCCCCCCCCCCCCCCC(=O)OC[C@H](COP(=O)(O)O)OC(=O)CCC[C@H](O)[C@@H](O)/C=C/C=C/C=C\C=C\[C@@H](O)CCCCC. The Balaban J connectivity index is 4.23. The molecule has 4 atom stereocenters. The Morgan fingerprint density at radius 3 is 1.53 bits per heavy atom. The molecule has 0 fully saturated rings. The predicted molar refractivity (Wildman–Crippen MR) is 220 cm³/mol. The fraction of sp³-hybridized carbons (Fsp3) is 0.767. The van der Waals surface area contributed by atoms with Crippen molar-refractivity contribution in [2.45, 2.75) is 199 Å². The molecule has 0 radical (unpaired) electrons. The molecule has 0 aliphatic heterocycles. The van der Waals surface area contributed by atoms with E-state index in [1.807, 2.05) is 0 Å². The molecule has 11 nitrogen and oxygen atoms in total. The quantitative estimate of drug-likeness (QED) is 0.0174. The molecule has 0 bridgehead atoms. The second kappa shape index (κ2) is 37.5. The minimum atomic E-state index is -4.85. The number of esters is 2. The lowest BCUT2D eigenvalue weighted by Crippen LogP contribution is -2.29. The second-order valence-electron chi connectivity index (χ2n) is 14.5. The van der Waals surface area contributed by atoms with Crippen molar-refractivity contribution in [3.63, 3.8) is 0 Å². The summed E-state index contributed by atoms with van der Waals surface area (Å²) in [7, 11) is -4.85. The van der Waals surface area contributed by atoms with Crippen LogP contribution in [0.15, 0.2) is 48.6 Å². The monoisotopic (exact) mass is 801 g/mol. The fourth-order valence-electron chi connectivity index (χ4n) is 5.87. The fourth-order valence-corrected chi connectivity index (χ4v) is 6.24. The van der Waals surface area contributed by atoms with Crippen LogP contribution < -0.4 is 0 Å². The molecule has 0 aromatic carbocycles. The third-order valence-electron chi connectivity index (χ3n) is 9.22. The van der Waals surface area contributed by atoms with Crippen LogP contribution in [0.3, 0.4) is 0 Å². The number of phosphoric acid groups is 1. The lowest BCUT2D eigenvalue weighted by Gasteiger charge is -2.19. The summed E-state index contributed by atoms with van der Waals surface area (Å²) in [5, 5.41) is 30.3. The largest absolute Gasteiger partial charge is 0.469 e. The summed E-state index contributed by atoms with van der Waals surface area (Å²) in [5.74, 6) is -1.21. The Hall–Kier alpha value is -2.11. The van der Waals surface area contributed by atoms with Gasteiger partial charge in [0.1, 0.15) is 6.61 Å². The van der Waals surface area contributed by atoms with Crippen LogP contribution in [0.2, 0.25) is 0 Å². The Morgan fingerprint density at radius 2 is 1.00 bits per heavy atom. The summed E-state index contributed by atoms with van der Waals surface area (Å²) in [6, 6.07) is 0. The standard InChI is InChI=1S/C43H77O11P/c1-3-5-7-8-9-10-11-12-13-14-15-16-17-18-19-24-28-34-42(47)52-36-39(37-53-55(49,50)51)54-43(48)35-29-33-41(46)40(45)32-27-23-21-20-22-26-31-38(44)30-25-6-4-2/h20-23,26-27,31-32,38-41,44-46H,3-19,24-25,28-30,33-37H2,1-2H3,(H2,49,50,51)/b22-20-,23-21+,31-26+,32-27+/t38-,39+,40-,41-/m0/s1. The minimum absolute atomic E-state index is 0.0909. The van der Waals surface area contributed by atoms with Gasteiger partial charge in [-0.15, -0.1) is 0 Å². The molecule has 0 aromatic rings. The summed E-state index contributed by atoms with van der Waals surface area (Å²) in [5.41, 5.74) is 0. The van der Waals surface area contributed by atoms with E-state index in [2.05, 4.69) is 18.4 Å². The highest BCUT2D eigenvalue weighted by Gasteiger charge is 2.23. The molecule has 0 aromatic heterocycles. The smallest absolute Gasteiger partial charge is 0.462 e. The number of ether oxygens (including phenoxy) is 2. The van der Waals surface area contributed by atoms with Crippen LogP contribution in [0.25, 0.3) is 0 Å². The van der Waals surface area contributed by atoms with Gasteiger partial charge in [0.15, 0.2) is 6.10 Å². The molecule has 55 heavy (non-hydrogen) atoms.